The minimum atomic E-state index is -0.588. The number of aryl methyl sites for hydroxylation is 2. The van der Waals surface area contributed by atoms with E-state index in [2.05, 4.69) is 67.4 Å². The molecule has 0 bridgehead atoms. The summed E-state index contributed by atoms with van der Waals surface area (Å²) in [4.78, 5) is 50.1. The maximum Gasteiger partial charge on any atom is 0.253 e. The molecule has 20 nitrogen and oxygen atoms in total. The zero-order chi connectivity index (χ0) is 51.6. The van der Waals surface area contributed by atoms with E-state index >= 15 is 0 Å². The monoisotopic (exact) mass is 1030 g/mol. The number of piperidine rings is 1. The van der Waals surface area contributed by atoms with Gasteiger partial charge in [-0.1, -0.05) is 47.9 Å². The van der Waals surface area contributed by atoms with Gasteiger partial charge in [-0.25, -0.2) is 19.6 Å². The Balaban J connectivity index is 0.000000283. The summed E-state index contributed by atoms with van der Waals surface area (Å²) in [5.41, 5.74) is 12.1. The van der Waals surface area contributed by atoms with Gasteiger partial charge < -0.3 is 45.2 Å². The highest BCUT2D eigenvalue weighted by molar-refractivity contribution is 7.16. The smallest absolute Gasteiger partial charge is 0.253 e. The van der Waals surface area contributed by atoms with Crippen LogP contribution in [0.2, 0.25) is 0 Å². The number of carbonyl (C=O) groups excluding carboxylic acids is 2. The van der Waals surface area contributed by atoms with Gasteiger partial charge in [-0.15, -0.1) is 22.7 Å². The van der Waals surface area contributed by atoms with Gasteiger partial charge in [0.05, 0.1) is 45.4 Å². The van der Waals surface area contributed by atoms with Gasteiger partial charge in [0.2, 0.25) is 30.0 Å². The molecule has 4 atom stereocenters. The molecule has 0 radical (unpaired) electrons. The zero-order valence-corrected chi connectivity index (χ0v) is 43.9. The Hall–Kier alpha value is -6.54. The summed E-state index contributed by atoms with van der Waals surface area (Å²) >= 11 is 3.03. The van der Waals surface area contributed by atoms with Crippen molar-refractivity contribution in [3.05, 3.63) is 75.3 Å². The number of nitrogen functional groups attached to an aromatic ring is 1. The van der Waals surface area contributed by atoms with Crippen LogP contribution in [0.15, 0.2) is 46.7 Å². The molecule has 8 heterocycles. The third-order valence-electron chi connectivity index (χ3n) is 13.9. The van der Waals surface area contributed by atoms with Crippen molar-refractivity contribution in [1.82, 2.24) is 55.2 Å². The van der Waals surface area contributed by atoms with Crippen LogP contribution in [0.3, 0.4) is 0 Å². The molecule has 1 aromatic carbocycles. The summed E-state index contributed by atoms with van der Waals surface area (Å²) in [6.07, 6.45) is 13.1. The minimum absolute atomic E-state index is 0.0504. The van der Waals surface area contributed by atoms with Crippen molar-refractivity contribution in [1.29, 1.82) is 5.26 Å². The number of hydrogen-bond donors (Lipinski definition) is 4. The van der Waals surface area contributed by atoms with E-state index in [1.54, 1.807) is 40.2 Å². The molecule has 4 unspecified atom stereocenters. The Morgan fingerprint density at radius 2 is 1.90 bits per heavy atom. The molecule has 388 valence electrons. The van der Waals surface area contributed by atoms with Gasteiger partial charge in [-0.2, -0.15) is 10.2 Å². The number of anilines is 2. The normalized spacial score (nSPS) is 20.6. The Labute approximate surface area is 433 Å². The van der Waals surface area contributed by atoms with E-state index in [0.29, 0.717) is 77.3 Å². The molecule has 0 saturated carbocycles. The second kappa shape index (κ2) is 24.0. The SMILES string of the molecule is CC1(c2nc(-c3ccnc(N4CCCC(N5CCC(Oc6cn(CC(=O)N7CCC(O)C7)nn6)CC5)CC4)n3)no2)CCCc2sc(N)c(C#N)c21.CCC.Cc1ncsc1-c1ccc(C(C)NC=O)c(O)c1. The molecule has 10 rings (SSSR count). The van der Waals surface area contributed by atoms with E-state index in [0.717, 1.165) is 104 Å². The third kappa shape index (κ3) is 12.3. The standard InChI is InChI=1S/C35H44N12O4S.C13H14N2O2S.C3H8/c1-35(11-2-5-27-30(35)25(18-36)31(37)52-27)33-40-32(42-51-33)26-6-12-38-34(39-26)45-13-3-4-22(7-14-45)44-16-9-24(10-17-44)50-28-20-47(43-41-28)21-29(49)46-15-8-23(48)19-46;1-8(14-6-16)11-4-3-10(5-12(11)17)13-9(2)15-7-18-13;1-3-2/h6,12,20,22-24,48H,2-5,7-11,13-17,19,21,37H2,1H3;3-8,17H,1-2H3,(H,14,16);3H2,1-2H3. The summed E-state index contributed by atoms with van der Waals surface area (Å²) in [5, 5.41) is 45.3. The lowest BCUT2D eigenvalue weighted by Crippen LogP contribution is -2.44. The summed E-state index contributed by atoms with van der Waals surface area (Å²) in [5.74, 6) is 2.09. The number of phenolic OH excluding ortho intramolecular Hbond substituents is 1. The number of rotatable bonds is 12. The van der Waals surface area contributed by atoms with Gasteiger partial charge in [0, 0.05) is 67.5 Å². The summed E-state index contributed by atoms with van der Waals surface area (Å²) in [6.45, 7) is 14.7. The number of aliphatic hydroxyl groups is 1. The van der Waals surface area contributed by atoms with E-state index < -0.39 is 11.5 Å². The summed E-state index contributed by atoms with van der Waals surface area (Å²) in [7, 11) is 0. The average molecular weight is 1040 g/mol. The second-order valence-electron chi connectivity index (χ2n) is 19.3. The molecule has 1 aliphatic carbocycles. The Morgan fingerprint density at radius 1 is 1.10 bits per heavy atom. The molecule has 3 saturated heterocycles. The van der Waals surface area contributed by atoms with Crippen LogP contribution < -0.4 is 20.7 Å². The number of β-amino-alcohol motifs (C(OH)–C–C–N with tert-alkyl or cyclic N) is 1. The van der Waals surface area contributed by atoms with Crippen LogP contribution in [0.4, 0.5) is 10.9 Å². The van der Waals surface area contributed by atoms with Crippen molar-refractivity contribution >= 4 is 45.9 Å². The van der Waals surface area contributed by atoms with Gasteiger partial charge >= 0.3 is 0 Å². The second-order valence-corrected chi connectivity index (χ2v) is 21.3. The molecule has 4 aliphatic rings. The summed E-state index contributed by atoms with van der Waals surface area (Å²) < 4.78 is 13.5. The number of aromatic nitrogens is 8. The number of thiophene rings is 1. The van der Waals surface area contributed by atoms with Gasteiger partial charge in [-0.05, 0) is 96.3 Å². The number of likely N-dealkylation sites (tertiary alicyclic amines) is 2. The number of benzene rings is 1. The van der Waals surface area contributed by atoms with Crippen molar-refractivity contribution in [2.45, 2.75) is 135 Å². The lowest BCUT2D eigenvalue weighted by molar-refractivity contribution is -0.131. The van der Waals surface area contributed by atoms with E-state index in [4.69, 9.17) is 25.0 Å². The Kier molecular flexibility index (Phi) is 17.3. The molecule has 22 heteroatoms. The first-order valence-electron chi connectivity index (χ1n) is 25.3. The Bertz CT molecular complexity index is 2850. The molecular weight excluding hydrogens is 969 g/mol. The molecule has 3 aliphatic heterocycles. The first-order valence-corrected chi connectivity index (χ1v) is 27.0. The van der Waals surface area contributed by atoms with E-state index in [1.807, 2.05) is 32.0 Å². The topological polar surface area (TPSA) is 264 Å². The van der Waals surface area contributed by atoms with Gasteiger partial charge in [0.25, 0.3) is 5.88 Å². The van der Waals surface area contributed by atoms with Crippen LogP contribution in [0.25, 0.3) is 22.0 Å². The maximum atomic E-state index is 12.5. The number of aliphatic hydroxyl groups excluding tert-OH is 1. The number of nitrogens with two attached hydrogens (primary N) is 1. The highest BCUT2D eigenvalue weighted by atomic mass is 32.1. The molecular formula is C51H66N14O6S2. The molecule has 5 N–H and O–H groups in total. The van der Waals surface area contributed by atoms with Crippen molar-refractivity contribution < 1.29 is 29.1 Å². The number of ether oxygens (including phenoxy) is 1. The lowest BCUT2D eigenvalue weighted by atomic mass is 9.72. The first-order chi connectivity index (χ1) is 35.3. The third-order valence-corrected chi connectivity index (χ3v) is 16.0. The molecule has 0 spiro atoms. The number of phenols is 1. The molecule has 2 amide bonds. The number of amides is 2. The van der Waals surface area contributed by atoms with Crippen molar-refractivity contribution in [2.24, 2.45) is 0 Å². The molecule has 3 fully saturated rings. The summed E-state index contributed by atoms with van der Waals surface area (Å²) in [6, 6.07) is 9.83. The minimum Gasteiger partial charge on any atom is -0.508 e. The van der Waals surface area contributed by atoms with Gasteiger partial charge in [-0.3, -0.25) is 9.59 Å². The number of hydrogen-bond acceptors (Lipinski definition) is 19. The predicted octanol–water partition coefficient (Wildman–Crippen LogP) is 6.82. The number of thiazole rings is 1. The van der Waals surface area contributed by atoms with Crippen LogP contribution in [0.5, 0.6) is 11.6 Å². The average Bonchev–Trinajstić information content (AvgIpc) is 4.24. The molecule has 6 aromatic rings. The number of nitriles is 1. The van der Waals surface area contributed by atoms with Crippen LogP contribution in [0, 0.1) is 18.3 Å². The van der Waals surface area contributed by atoms with E-state index in [1.165, 1.54) is 22.4 Å². The first kappa shape index (κ1) is 52.8. The zero-order valence-electron chi connectivity index (χ0n) is 42.2. The van der Waals surface area contributed by atoms with E-state index in [-0.39, 0.29) is 30.3 Å². The highest BCUT2D eigenvalue weighted by Crippen LogP contribution is 2.48. The largest absolute Gasteiger partial charge is 0.508 e. The van der Waals surface area contributed by atoms with Crippen LogP contribution in [-0.2, 0) is 28.0 Å². The quantitative estimate of drug-likeness (QED) is 0.0916. The maximum absolute atomic E-state index is 12.5. The number of aromatic hydroxyl groups is 1. The Morgan fingerprint density at radius 3 is 2.62 bits per heavy atom. The van der Waals surface area contributed by atoms with Crippen LogP contribution >= 0.6 is 22.7 Å². The van der Waals surface area contributed by atoms with E-state index in [9.17, 15) is 25.1 Å². The number of fused-ring (bicyclic) bond motifs is 1. The number of carbonyl (C=O) groups is 2. The molecule has 73 heavy (non-hydrogen) atoms. The van der Waals surface area contributed by atoms with Crippen molar-refractivity contribution in [3.8, 4) is 39.7 Å². The fourth-order valence-electron chi connectivity index (χ4n) is 10.1. The van der Waals surface area contributed by atoms with Gasteiger partial charge in [0.1, 0.15) is 35.2 Å². The fourth-order valence-corrected chi connectivity index (χ4v) is 12.1. The lowest BCUT2D eigenvalue weighted by Gasteiger charge is -2.37. The molecule has 5 aromatic heterocycles. The van der Waals surface area contributed by atoms with Crippen LogP contribution in [0.1, 0.15) is 125 Å². The number of nitrogens with one attached hydrogen (secondary N) is 1. The van der Waals surface area contributed by atoms with Crippen molar-refractivity contribution in [3.63, 3.8) is 0 Å². The highest BCUT2D eigenvalue weighted by Gasteiger charge is 2.43. The van der Waals surface area contributed by atoms with Crippen LogP contribution in [-0.4, -0.2) is 130 Å². The van der Waals surface area contributed by atoms with Gasteiger partial charge in [0.15, 0.2) is 0 Å². The number of nitrogens with zero attached hydrogens (tertiary/aromatic N) is 12. The predicted molar refractivity (Wildman–Crippen MR) is 278 cm³/mol. The van der Waals surface area contributed by atoms with Crippen molar-refractivity contribution in [2.75, 3.05) is 49.9 Å². The fraction of sp³-hybridized carbons (Fsp3) is 0.529.